The lowest BCUT2D eigenvalue weighted by atomic mass is 10.1. The Morgan fingerprint density at radius 3 is 2.80 bits per heavy atom. The average Bonchev–Trinajstić information content (AvgIpc) is 2.63. The van der Waals surface area contributed by atoms with Gasteiger partial charge in [0.1, 0.15) is 6.04 Å². The highest BCUT2D eigenvalue weighted by atomic mass is 16.4. The fourth-order valence-corrected chi connectivity index (χ4v) is 1.06. The second-order valence-corrected chi connectivity index (χ2v) is 2.96. The summed E-state index contributed by atoms with van der Waals surface area (Å²) in [6.07, 6.45) is 0.572. The number of nitrogens with zero attached hydrogens (tertiary/aromatic N) is 3. The van der Waals surface area contributed by atoms with E-state index in [0.717, 1.165) is 0 Å². The van der Waals surface area contributed by atoms with Crippen molar-refractivity contribution in [3.63, 3.8) is 0 Å². The molecular formula is C7H11N5O3. The zero-order valence-corrected chi connectivity index (χ0v) is 8.10. The van der Waals surface area contributed by atoms with E-state index in [1.54, 1.807) is 0 Å². The van der Waals surface area contributed by atoms with Crippen LogP contribution in [0, 0.1) is 0 Å². The first kappa shape index (κ1) is 11.1. The molecule has 0 aliphatic carbocycles. The first-order valence-corrected chi connectivity index (χ1v) is 4.32. The van der Waals surface area contributed by atoms with Gasteiger partial charge in [0.15, 0.2) is 5.82 Å². The van der Waals surface area contributed by atoms with E-state index in [0.29, 0.717) is 12.2 Å². The fourth-order valence-electron chi connectivity index (χ4n) is 1.06. The maximum absolute atomic E-state index is 10.7. The third kappa shape index (κ3) is 3.71. The first-order valence-electron chi connectivity index (χ1n) is 4.32. The summed E-state index contributed by atoms with van der Waals surface area (Å²) in [7, 11) is 0. The van der Waals surface area contributed by atoms with Gasteiger partial charge in [-0.05, 0) is 6.42 Å². The Labute approximate surface area is 85.1 Å². The van der Waals surface area contributed by atoms with E-state index < -0.39 is 12.0 Å². The predicted octanol–water partition coefficient (Wildman–Crippen LogP) is -1.28. The van der Waals surface area contributed by atoms with Gasteiger partial charge in [-0.1, -0.05) is 5.21 Å². The Balaban J connectivity index is 2.45. The Hall–Kier alpha value is -1.99. The molecule has 0 fully saturated rings. The highest BCUT2D eigenvalue weighted by molar-refractivity contribution is 5.81. The quantitative estimate of drug-likeness (QED) is 0.560. The number of aromatic amines is 1. The summed E-state index contributed by atoms with van der Waals surface area (Å²) in [5.74, 6) is -1.03. The Morgan fingerprint density at radius 2 is 2.33 bits per heavy atom. The van der Waals surface area contributed by atoms with Crippen LogP contribution in [0.15, 0.2) is 0 Å². The molecule has 15 heavy (non-hydrogen) atoms. The van der Waals surface area contributed by atoms with Crippen LogP contribution in [-0.2, 0) is 16.0 Å². The molecule has 1 rings (SSSR count). The molecule has 1 amide bonds. The zero-order valence-electron chi connectivity index (χ0n) is 8.10. The number of tetrazole rings is 1. The molecule has 8 heteroatoms. The number of aryl methyl sites for hydroxylation is 1. The molecule has 8 nitrogen and oxygen atoms in total. The fraction of sp³-hybridized carbons (Fsp3) is 0.571. The molecule has 0 spiro atoms. The number of aliphatic carboxylic acids is 1. The summed E-state index contributed by atoms with van der Waals surface area (Å²) in [5.41, 5.74) is 0. The number of rotatable bonds is 5. The molecule has 0 saturated heterocycles. The summed E-state index contributed by atoms with van der Waals surface area (Å²) in [6.45, 7) is 1.27. The number of amides is 1. The lowest BCUT2D eigenvalue weighted by Gasteiger charge is -2.11. The minimum absolute atomic E-state index is 0.231. The molecule has 0 aliphatic heterocycles. The van der Waals surface area contributed by atoms with Crippen LogP contribution >= 0.6 is 0 Å². The largest absolute Gasteiger partial charge is 0.480 e. The molecule has 1 heterocycles. The van der Waals surface area contributed by atoms with Crippen LogP contribution in [0.4, 0.5) is 0 Å². The number of carboxylic acids is 1. The van der Waals surface area contributed by atoms with Crippen LogP contribution in [0.25, 0.3) is 0 Å². The van der Waals surface area contributed by atoms with Gasteiger partial charge in [0.25, 0.3) is 0 Å². The maximum atomic E-state index is 10.7. The van der Waals surface area contributed by atoms with E-state index in [1.807, 2.05) is 0 Å². The first-order chi connectivity index (χ1) is 7.09. The normalized spacial score (nSPS) is 12.1. The van der Waals surface area contributed by atoms with Crippen LogP contribution < -0.4 is 5.32 Å². The van der Waals surface area contributed by atoms with Gasteiger partial charge in [0, 0.05) is 13.3 Å². The highest BCUT2D eigenvalue weighted by Crippen LogP contribution is 1.98. The molecule has 0 bridgehead atoms. The monoisotopic (exact) mass is 213 g/mol. The second kappa shape index (κ2) is 5.03. The van der Waals surface area contributed by atoms with Crippen molar-refractivity contribution in [2.24, 2.45) is 0 Å². The molecule has 0 saturated carbocycles. The van der Waals surface area contributed by atoms with Crippen molar-refractivity contribution in [3.05, 3.63) is 5.82 Å². The minimum atomic E-state index is -1.08. The number of aromatic nitrogens is 4. The minimum Gasteiger partial charge on any atom is -0.480 e. The van der Waals surface area contributed by atoms with E-state index in [1.165, 1.54) is 6.92 Å². The molecule has 1 unspecified atom stereocenters. The van der Waals surface area contributed by atoms with Crippen LogP contribution in [0.3, 0.4) is 0 Å². The van der Waals surface area contributed by atoms with Crippen LogP contribution in [0.2, 0.25) is 0 Å². The zero-order chi connectivity index (χ0) is 11.3. The molecule has 0 aromatic carbocycles. The number of carboxylic acid groups (broad SMARTS) is 1. The molecular weight excluding hydrogens is 202 g/mol. The molecule has 0 radical (unpaired) electrons. The molecule has 0 aliphatic rings. The van der Waals surface area contributed by atoms with E-state index in [9.17, 15) is 9.59 Å². The standard InChI is InChI=1S/C7H11N5O3/c1-4(13)8-5(7(14)15)2-3-6-9-11-12-10-6/h5H,2-3H2,1H3,(H,8,13)(H,14,15)(H,9,10,11,12). The maximum Gasteiger partial charge on any atom is 0.326 e. The predicted molar refractivity (Wildman–Crippen MR) is 47.7 cm³/mol. The van der Waals surface area contributed by atoms with Crippen molar-refractivity contribution in [2.45, 2.75) is 25.8 Å². The van der Waals surface area contributed by atoms with Crippen molar-refractivity contribution in [3.8, 4) is 0 Å². The van der Waals surface area contributed by atoms with Crippen molar-refractivity contribution in [1.82, 2.24) is 25.9 Å². The molecule has 1 aromatic rings. The Bertz CT molecular complexity index is 336. The summed E-state index contributed by atoms with van der Waals surface area (Å²) in [6, 6.07) is -0.916. The second-order valence-electron chi connectivity index (χ2n) is 2.96. The van der Waals surface area contributed by atoms with Crippen LogP contribution in [0.1, 0.15) is 19.2 Å². The third-order valence-corrected chi connectivity index (χ3v) is 1.72. The van der Waals surface area contributed by atoms with Crippen molar-refractivity contribution < 1.29 is 14.7 Å². The Kier molecular flexibility index (Phi) is 3.72. The van der Waals surface area contributed by atoms with Gasteiger partial charge in [-0.15, -0.1) is 10.2 Å². The molecule has 1 aromatic heterocycles. The van der Waals surface area contributed by atoms with Crippen LogP contribution in [-0.4, -0.2) is 43.6 Å². The van der Waals surface area contributed by atoms with E-state index >= 15 is 0 Å². The van der Waals surface area contributed by atoms with Gasteiger partial charge in [-0.2, -0.15) is 5.21 Å². The number of hydrogen-bond donors (Lipinski definition) is 3. The van der Waals surface area contributed by atoms with E-state index in [-0.39, 0.29) is 12.3 Å². The van der Waals surface area contributed by atoms with E-state index in [2.05, 4.69) is 25.9 Å². The van der Waals surface area contributed by atoms with Gasteiger partial charge in [0.05, 0.1) is 0 Å². The van der Waals surface area contributed by atoms with Gasteiger partial charge < -0.3 is 10.4 Å². The number of nitrogens with one attached hydrogen (secondary N) is 2. The van der Waals surface area contributed by atoms with Gasteiger partial charge >= 0.3 is 5.97 Å². The third-order valence-electron chi connectivity index (χ3n) is 1.72. The summed E-state index contributed by atoms with van der Waals surface area (Å²) < 4.78 is 0. The number of carbonyl (C=O) groups excluding carboxylic acids is 1. The summed E-state index contributed by atoms with van der Waals surface area (Å²) in [5, 5.41) is 24.0. The summed E-state index contributed by atoms with van der Waals surface area (Å²) >= 11 is 0. The number of carbonyl (C=O) groups is 2. The van der Waals surface area contributed by atoms with Crippen molar-refractivity contribution >= 4 is 11.9 Å². The number of H-pyrrole nitrogens is 1. The SMILES string of the molecule is CC(=O)NC(CCc1nn[nH]n1)C(=O)O. The van der Waals surface area contributed by atoms with Crippen molar-refractivity contribution in [2.75, 3.05) is 0 Å². The lowest BCUT2D eigenvalue weighted by Crippen LogP contribution is -2.39. The molecule has 1 atom stereocenters. The lowest BCUT2D eigenvalue weighted by molar-refractivity contribution is -0.141. The topological polar surface area (TPSA) is 121 Å². The summed E-state index contributed by atoms with van der Waals surface area (Å²) in [4.78, 5) is 21.4. The van der Waals surface area contributed by atoms with Gasteiger partial charge in [-0.3, -0.25) is 4.79 Å². The molecule has 82 valence electrons. The van der Waals surface area contributed by atoms with E-state index in [4.69, 9.17) is 5.11 Å². The van der Waals surface area contributed by atoms with Crippen molar-refractivity contribution in [1.29, 1.82) is 0 Å². The number of hydrogen-bond acceptors (Lipinski definition) is 5. The Morgan fingerprint density at radius 1 is 1.60 bits per heavy atom. The highest BCUT2D eigenvalue weighted by Gasteiger charge is 2.18. The van der Waals surface area contributed by atoms with Gasteiger partial charge in [0.2, 0.25) is 5.91 Å². The average molecular weight is 213 g/mol. The molecule has 3 N–H and O–H groups in total. The van der Waals surface area contributed by atoms with Gasteiger partial charge in [-0.25, -0.2) is 4.79 Å². The van der Waals surface area contributed by atoms with Crippen LogP contribution in [0.5, 0.6) is 0 Å². The smallest absolute Gasteiger partial charge is 0.326 e.